The Labute approximate surface area is 135 Å². The summed E-state index contributed by atoms with van der Waals surface area (Å²) in [5, 5.41) is 4.02. The molecule has 6 nitrogen and oxygen atoms in total. The van der Waals surface area contributed by atoms with Crippen LogP contribution in [-0.4, -0.2) is 54.2 Å². The van der Waals surface area contributed by atoms with Crippen LogP contribution in [0.1, 0.15) is 21.8 Å². The van der Waals surface area contributed by atoms with Gasteiger partial charge in [-0.25, -0.2) is 0 Å². The molecule has 1 aromatic heterocycles. The quantitative estimate of drug-likeness (QED) is 0.863. The third kappa shape index (κ3) is 3.53. The number of piperazine rings is 1. The highest BCUT2D eigenvalue weighted by Crippen LogP contribution is 2.20. The molecule has 122 valence electrons. The Balaban J connectivity index is 1.59. The van der Waals surface area contributed by atoms with Gasteiger partial charge in [-0.1, -0.05) is 17.3 Å². The number of aryl methyl sites for hydroxylation is 1. The third-order valence-corrected chi connectivity index (χ3v) is 4.06. The van der Waals surface area contributed by atoms with Crippen LogP contribution in [0.4, 0.5) is 0 Å². The highest BCUT2D eigenvalue weighted by molar-refractivity contribution is 5.97. The molecule has 6 heteroatoms. The molecule has 1 aliphatic heterocycles. The van der Waals surface area contributed by atoms with Crippen molar-refractivity contribution in [2.45, 2.75) is 13.5 Å². The highest BCUT2D eigenvalue weighted by atomic mass is 16.5. The zero-order valence-electron chi connectivity index (χ0n) is 13.5. The standard InChI is InChI=1S/C17H21N3O3/c1-13-11-14(18-23-13)12-19-7-9-20(10-8-19)17(21)15-5-3-4-6-16(15)22-2/h3-6,11H,7-10,12H2,1-2H3. The number of carbonyl (C=O) groups excluding carboxylic acids is 1. The number of ether oxygens (including phenoxy) is 1. The predicted molar refractivity (Wildman–Crippen MR) is 85.4 cm³/mol. The van der Waals surface area contributed by atoms with Gasteiger partial charge in [0.1, 0.15) is 11.5 Å². The van der Waals surface area contributed by atoms with E-state index in [2.05, 4.69) is 10.1 Å². The van der Waals surface area contributed by atoms with Gasteiger partial charge in [0.05, 0.1) is 18.4 Å². The van der Waals surface area contributed by atoms with Crippen molar-refractivity contribution in [1.82, 2.24) is 15.0 Å². The summed E-state index contributed by atoms with van der Waals surface area (Å²) < 4.78 is 10.4. The zero-order valence-corrected chi connectivity index (χ0v) is 13.5. The molecule has 2 aromatic rings. The number of aromatic nitrogens is 1. The van der Waals surface area contributed by atoms with Crippen LogP contribution >= 0.6 is 0 Å². The van der Waals surface area contributed by atoms with E-state index >= 15 is 0 Å². The summed E-state index contributed by atoms with van der Waals surface area (Å²) in [6.45, 7) is 5.70. The van der Waals surface area contributed by atoms with Crippen LogP contribution in [0.3, 0.4) is 0 Å². The first-order valence-electron chi connectivity index (χ1n) is 7.74. The minimum absolute atomic E-state index is 0.0272. The number of para-hydroxylation sites is 1. The molecule has 1 fully saturated rings. The van der Waals surface area contributed by atoms with Crippen molar-refractivity contribution < 1.29 is 14.1 Å². The van der Waals surface area contributed by atoms with E-state index in [-0.39, 0.29) is 5.91 Å². The Morgan fingerprint density at radius 1 is 1.26 bits per heavy atom. The Morgan fingerprint density at radius 3 is 2.65 bits per heavy atom. The predicted octanol–water partition coefficient (Wildman–Crippen LogP) is 1.95. The fourth-order valence-electron chi connectivity index (χ4n) is 2.82. The molecule has 0 bridgehead atoms. The lowest BCUT2D eigenvalue weighted by atomic mass is 10.1. The van der Waals surface area contributed by atoms with E-state index in [0.717, 1.165) is 31.1 Å². The first kappa shape index (κ1) is 15.6. The number of benzene rings is 1. The molecule has 0 unspecified atom stereocenters. The molecular weight excluding hydrogens is 294 g/mol. The van der Waals surface area contributed by atoms with Crippen molar-refractivity contribution >= 4 is 5.91 Å². The fourth-order valence-corrected chi connectivity index (χ4v) is 2.82. The fraction of sp³-hybridized carbons (Fsp3) is 0.412. The van der Waals surface area contributed by atoms with Gasteiger partial charge in [0, 0.05) is 38.8 Å². The lowest BCUT2D eigenvalue weighted by molar-refractivity contribution is 0.0622. The Morgan fingerprint density at radius 2 is 2.00 bits per heavy atom. The number of methoxy groups -OCH3 is 1. The van der Waals surface area contributed by atoms with Gasteiger partial charge >= 0.3 is 0 Å². The molecule has 0 atom stereocenters. The largest absolute Gasteiger partial charge is 0.496 e. The van der Waals surface area contributed by atoms with E-state index in [1.807, 2.05) is 42.2 Å². The lowest BCUT2D eigenvalue weighted by Gasteiger charge is -2.34. The van der Waals surface area contributed by atoms with Gasteiger partial charge in [-0.15, -0.1) is 0 Å². The molecule has 0 radical (unpaired) electrons. The van der Waals surface area contributed by atoms with Gasteiger partial charge in [-0.3, -0.25) is 9.69 Å². The molecule has 1 aliphatic rings. The molecule has 0 N–H and O–H groups in total. The summed E-state index contributed by atoms with van der Waals surface area (Å²) in [7, 11) is 1.59. The summed E-state index contributed by atoms with van der Waals surface area (Å²) in [5.41, 5.74) is 1.56. The molecule has 0 saturated carbocycles. The van der Waals surface area contributed by atoms with Crippen LogP contribution in [0.5, 0.6) is 5.75 Å². The van der Waals surface area contributed by atoms with Gasteiger partial charge in [0.25, 0.3) is 5.91 Å². The topological polar surface area (TPSA) is 58.8 Å². The zero-order chi connectivity index (χ0) is 16.2. The van der Waals surface area contributed by atoms with E-state index < -0.39 is 0 Å². The van der Waals surface area contributed by atoms with Crippen molar-refractivity contribution in [3.05, 3.63) is 47.3 Å². The first-order chi connectivity index (χ1) is 11.2. The normalized spacial score (nSPS) is 15.7. The van der Waals surface area contributed by atoms with E-state index in [4.69, 9.17) is 9.26 Å². The average Bonchev–Trinajstić information content (AvgIpc) is 3.00. The number of nitrogens with zero attached hydrogens (tertiary/aromatic N) is 3. The Hall–Kier alpha value is -2.34. The maximum Gasteiger partial charge on any atom is 0.257 e. The van der Waals surface area contributed by atoms with Crippen molar-refractivity contribution in [2.24, 2.45) is 0 Å². The van der Waals surface area contributed by atoms with Crippen molar-refractivity contribution in [2.75, 3.05) is 33.3 Å². The number of rotatable bonds is 4. The number of carbonyl (C=O) groups is 1. The second-order valence-electron chi connectivity index (χ2n) is 5.70. The molecular formula is C17H21N3O3. The molecule has 2 heterocycles. The number of hydrogen-bond acceptors (Lipinski definition) is 5. The third-order valence-electron chi connectivity index (χ3n) is 4.06. The molecule has 0 spiro atoms. The van der Waals surface area contributed by atoms with E-state index in [9.17, 15) is 4.79 Å². The molecule has 1 amide bonds. The van der Waals surface area contributed by atoms with Gasteiger partial charge in [0.15, 0.2) is 0 Å². The van der Waals surface area contributed by atoms with Gasteiger partial charge in [-0.05, 0) is 19.1 Å². The molecule has 3 rings (SSSR count). The smallest absolute Gasteiger partial charge is 0.257 e. The second kappa shape index (κ2) is 6.83. The van der Waals surface area contributed by atoms with Crippen molar-refractivity contribution in [3.8, 4) is 5.75 Å². The monoisotopic (exact) mass is 315 g/mol. The Kier molecular flexibility index (Phi) is 4.62. The molecule has 23 heavy (non-hydrogen) atoms. The minimum atomic E-state index is 0.0272. The summed E-state index contributed by atoms with van der Waals surface area (Å²) >= 11 is 0. The van der Waals surface area contributed by atoms with Crippen LogP contribution in [0, 0.1) is 6.92 Å². The first-order valence-corrected chi connectivity index (χ1v) is 7.74. The van der Waals surface area contributed by atoms with Crippen molar-refractivity contribution in [3.63, 3.8) is 0 Å². The maximum atomic E-state index is 12.6. The van der Waals surface area contributed by atoms with Gasteiger partial charge < -0.3 is 14.2 Å². The van der Waals surface area contributed by atoms with Gasteiger partial charge in [-0.2, -0.15) is 0 Å². The highest BCUT2D eigenvalue weighted by Gasteiger charge is 2.24. The lowest BCUT2D eigenvalue weighted by Crippen LogP contribution is -2.48. The number of hydrogen-bond donors (Lipinski definition) is 0. The van der Waals surface area contributed by atoms with Crippen LogP contribution in [0.2, 0.25) is 0 Å². The molecule has 0 aliphatic carbocycles. The van der Waals surface area contributed by atoms with Crippen LogP contribution in [0.15, 0.2) is 34.9 Å². The van der Waals surface area contributed by atoms with E-state index in [0.29, 0.717) is 24.4 Å². The summed E-state index contributed by atoms with van der Waals surface area (Å²) in [4.78, 5) is 16.8. The SMILES string of the molecule is COc1ccccc1C(=O)N1CCN(Cc2cc(C)on2)CC1. The summed E-state index contributed by atoms with van der Waals surface area (Å²) in [5.74, 6) is 1.47. The maximum absolute atomic E-state index is 12.6. The summed E-state index contributed by atoms with van der Waals surface area (Å²) in [6, 6.07) is 9.31. The van der Waals surface area contributed by atoms with E-state index in [1.165, 1.54) is 0 Å². The second-order valence-corrected chi connectivity index (χ2v) is 5.70. The average molecular weight is 315 g/mol. The molecule has 1 saturated heterocycles. The van der Waals surface area contributed by atoms with Crippen molar-refractivity contribution in [1.29, 1.82) is 0 Å². The Bertz CT molecular complexity index is 675. The minimum Gasteiger partial charge on any atom is -0.496 e. The van der Waals surface area contributed by atoms with Crippen LogP contribution < -0.4 is 4.74 Å². The van der Waals surface area contributed by atoms with E-state index in [1.54, 1.807) is 7.11 Å². The molecule has 1 aromatic carbocycles. The van der Waals surface area contributed by atoms with Crippen LogP contribution in [0.25, 0.3) is 0 Å². The summed E-state index contributed by atoms with van der Waals surface area (Å²) in [6.07, 6.45) is 0. The number of amides is 1. The van der Waals surface area contributed by atoms with Crippen LogP contribution in [-0.2, 0) is 6.54 Å². The van der Waals surface area contributed by atoms with Gasteiger partial charge in [0.2, 0.25) is 0 Å².